The quantitative estimate of drug-likeness (QED) is 0.181. The monoisotopic (exact) mass is 711 g/mol. The van der Waals surface area contributed by atoms with Crippen molar-refractivity contribution in [3.63, 3.8) is 0 Å². The molecule has 2 aliphatic rings. The van der Waals surface area contributed by atoms with Gasteiger partial charge in [0.25, 0.3) is 0 Å². The lowest BCUT2D eigenvalue weighted by Crippen LogP contribution is -2.38. The summed E-state index contributed by atoms with van der Waals surface area (Å²) in [5, 5.41) is 9.11. The van der Waals surface area contributed by atoms with E-state index in [1.165, 1.54) is 99.3 Å². The van der Waals surface area contributed by atoms with Crippen molar-refractivity contribution >= 4 is 62.2 Å². The number of hydrogen-bond donors (Lipinski definition) is 1. The van der Waals surface area contributed by atoms with Crippen molar-refractivity contribution in [1.29, 1.82) is 0 Å². The van der Waals surface area contributed by atoms with Crippen LogP contribution in [0, 0.1) is 6.92 Å². The molecule has 0 unspecified atom stereocenters. The van der Waals surface area contributed by atoms with Crippen LogP contribution in [0.25, 0.3) is 60.5 Å². The number of benzene rings is 7. The molecule has 55 heavy (non-hydrogen) atoms. The number of hydrogen-bond acceptors (Lipinski definition) is 1. The van der Waals surface area contributed by atoms with E-state index in [1.807, 2.05) is 0 Å². The highest BCUT2D eigenvalue weighted by Gasteiger charge is 2.35. The third-order valence-corrected chi connectivity index (χ3v) is 12.5. The van der Waals surface area contributed by atoms with Crippen molar-refractivity contribution in [2.45, 2.75) is 78.6 Å². The van der Waals surface area contributed by atoms with Gasteiger partial charge in [-0.05, 0) is 121 Å². The smallest absolute Gasteiger partial charge is 0.197 e. The molecule has 1 aromatic heterocycles. The molecule has 2 nitrogen and oxygen atoms in total. The lowest BCUT2D eigenvalue weighted by Gasteiger charge is -2.27. The summed E-state index contributed by atoms with van der Waals surface area (Å²) in [7, 11) is 2.48. The predicted molar refractivity (Wildman–Crippen MR) is 238 cm³/mol. The molecule has 3 heteroatoms. The van der Waals surface area contributed by atoms with Gasteiger partial charge in [-0.2, -0.15) is 0 Å². The maximum atomic E-state index is 3.97. The highest BCUT2D eigenvalue weighted by Crippen LogP contribution is 2.50. The van der Waals surface area contributed by atoms with Crippen molar-refractivity contribution in [3.8, 4) is 27.9 Å². The second-order valence-corrected chi connectivity index (χ2v) is 18.7. The summed E-state index contributed by atoms with van der Waals surface area (Å²) in [6.07, 6.45) is 0. The molecular weight excluding hydrogens is 663 g/mol. The van der Waals surface area contributed by atoms with Gasteiger partial charge in [-0.25, -0.2) is 0 Å². The maximum absolute atomic E-state index is 3.97. The molecule has 0 amide bonds. The zero-order chi connectivity index (χ0) is 38.2. The molecule has 0 saturated carbocycles. The molecule has 0 fully saturated rings. The molecule has 10 rings (SSSR count). The van der Waals surface area contributed by atoms with E-state index in [-0.39, 0.29) is 16.2 Å². The second-order valence-electron chi connectivity index (χ2n) is 18.7. The van der Waals surface area contributed by atoms with Gasteiger partial charge >= 0.3 is 0 Å². The summed E-state index contributed by atoms with van der Waals surface area (Å²) in [4.78, 5) is 0. The highest BCUT2D eigenvalue weighted by molar-refractivity contribution is 6.73. The van der Waals surface area contributed by atoms with Gasteiger partial charge in [0.05, 0.1) is 5.52 Å². The fourth-order valence-corrected chi connectivity index (χ4v) is 9.54. The topological polar surface area (TPSA) is 17.0 Å². The number of nitrogens with zero attached hydrogens (tertiary/aromatic N) is 1. The van der Waals surface area contributed by atoms with Gasteiger partial charge in [0.2, 0.25) is 0 Å². The van der Waals surface area contributed by atoms with Crippen molar-refractivity contribution in [3.05, 3.63) is 149 Å². The fourth-order valence-electron chi connectivity index (χ4n) is 9.54. The molecule has 8 aromatic rings. The van der Waals surface area contributed by atoms with Gasteiger partial charge in [-0.1, -0.05) is 140 Å². The zero-order valence-electron chi connectivity index (χ0n) is 33.6. The Hall–Kier alpha value is -5.54. The molecule has 0 saturated heterocycles. The van der Waals surface area contributed by atoms with E-state index in [2.05, 4.69) is 201 Å². The van der Waals surface area contributed by atoms with E-state index in [9.17, 15) is 0 Å². The molecule has 1 aliphatic heterocycles. The van der Waals surface area contributed by atoms with E-state index in [0.29, 0.717) is 0 Å². The summed E-state index contributed by atoms with van der Waals surface area (Å²) in [5.41, 5.74) is 20.4. The Balaban J connectivity index is 1.22. The van der Waals surface area contributed by atoms with Crippen LogP contribution in [-0.4, -0.2) is 11.8 Å². The van der Waals surface area contributed by atoms with Gasteiger partial charge in [0.1, 0.15) is 0 Å². The largest absolute Gasteiger partial charge is 0.355 e. The minimum Gasteiger partial charge on any atom is -0.355 e. The van der Waals surface area contributed by atoms with Crippen LogP contribution >= 0.6 is 0 Å². The predicted octanol–water partition coefficient (Wildman–Crippen LogP) is 12.5. The highest BCUT2D eigenvalue weighted by atomic mass is 15.0. The lowest BCUT2D eigenvalue weighted by molar-refractivity contribution is 0.590. The lowest BCUT2D eigenvalue weighted by atomic mass is 9.58. The summed E-state index contributed by atoms with van der Waals surface area (Å²) in [6, 6.07) is 46.1. The van der Waals surface area contributed by atoms with Crippen molar-refractivity contribution in [1.82, 2.24) is 4.57 Å². The van der Waals surface area contributed by atoms with Crippen LogP contribution in [0.3, 0.4) is 0 Å². The van der Waals surface area contributed by atoms with Crippen LogP contribution in [-0.2, 0) is 16.2 Å². The van der Waals surface area contributed by atoms with Crippen LogP contribution < -0.4 is 16.2 Å². The number of nitrogens with one attached hydrogen (secondary N) is 1. The van der Waals surface area contributed by atoms with Crippen molar-refractivity contribution in [2.75, 3.05) is 5.32 Å². The van der Waals surface area contributed by atoms with Gasteiger partial charge in [0, 0.05) is 44.3 Å². The summed E-state index contributed by atoms with van der Waals surface area (Å²) in [5.74, 6) is 0. The molecule has 269 valence electrons. The van der Waals surface area contributed by atoms with E-state index in [4.69, 9.17) is 0 Å². The van der Waals surface area contributed by atoms with E-state index < -0.39 is 0 Å². The van der Waals surface area contributed by atoms with E-state index in [1.54, 1.807) is 0 Å². The Morgan fingerprint density at radius 3 is 2.13 bits per heavy atom. The first-order valence-electron chi connectivity index (χ1n) is 19.8. The Kier molecular flexibility index (Phi) is 7.10. The maximum Gasteiger partial charge on any atom is 0.197 e. The molecular formula is C52H48BN2. The fraction of sp³-hybridized carbons (Fsp3) is 0.231. The minimum atomic E-state index is -0.0272. The Bertz CT molecular complexity index is 2930. The summed E-state index contributed by atoms with van der Waals surface area (Å²) in [6.45, 7) is 20.9. The second kappa shape index (κ2) is 11.5. The molecule has 0 atom stereocenters. The number of rotatable bonds is 3. The first-order valence-corrected chi connectivity index (χ1v) is 19.8. The first-order chi connectivity index (χ1) is 26.2. The number of aromatic nitrogens is 1. The standard InChI is InChI=1S/C52H48BN2/c1-30-24-40(48-46(25-30)55-45-23-19-32(50(2,3)4)26-38(45)39-27-33(51(5,6)7)28-43(53-48)49(39)55)47-35-15-11-10-14-31(35)18-22-44(47)54-34-20-21-42-37(29-34)36-16-12-13-17-41(36)52(42,8)9/h10-29,54H,1-9H3. The van der Waals surface area contributed by atoms with Crippen LogP contribution in [0.5, 0.6) is 0 Å². The first kappa shape index (κ1) is 34.0. The molecule has 1 N–H and O–H groups in total. The molecule has 0 spiro atoms. The Morgan fingerprint density at radius 2 is 1.33 bits per heavy atom. The normalized spacial score (nSPS) is 14.2. The molecule has 2 heterocycles. The molecule has 1 aliphatic carbocycles. The summed E-state index contributed by atoms with van der Waals surface area (Å²) >= 11 is 0. The van der Waals surface area contributed by atoms with Crippen molar-refractivity contribution in [2.24, 2.45) is 0 Å². The number of fused-ring (bicyclic) bond motifs is 9. The van der Waals surface area contributed by atoms with Gasteiger partial charge in [0.15, 0.2) is 7.28 Å². The van der Waals surface area contributed by atoms with Crippen LogP contribution in [0.15, 0.2) is 121 Å². The Labute approximate surface area is 326 Å². The average Bonchev–Trinajstić information content (AvgIpc) is 3.60. The third kappa shape index (κ3) is 5.08. The minimum absolute atomic E-state index is 0.00326. The van der Waals surface area contributed by atoms with E-state index >= 15 is 0 Å². The van der Waals surface area contributed by atoms with Crippen LogP contribution in [0.4, 0.5) is 11.4 Å². The number of anilines is 2. The van der Waals surface area contributed by atoms with E-state index in [0.717, 1.165) is 11.4 Å². The molecule has 1 radical (unpaired) electrons. The molecule has 0 bridgehead atoms. The van der Waals surface area contributed by atoms with Gasteiger partial charge in [-0.15, -0.1) is 0 Å². The summed E-state index contributed by atoms with van der Waals surface area (Å²) < 4.78 is 2.56. The van der Waals surface area contributed by atoms with Gasteiger partial charge in [-0.3, -0.25) is 0 Å². The SMILES string of the molecule is Cc1cc(-c2c(Nc3ccc4c(c3)-c3ccccc3C4(C)C)ccc3ccccc23)c2c(c1)-n1c3ccc(C(C)(C)C)cc3c3cc(C(C)(C)C)cc(c31)[B]2. The van der Waals surface area contributed by atoms with Crippen LogP contribution in [0.2, 0.25) is 0 Å². The number of aryl methyl sites for hydroxylation is 1. The zero-order valence-corrected chi connectivity index (χ0v) is 33.6. The molecule has 7 aromatic carbocycles. The van der Waals surface area contributed by atoms with Crippen molar-refractivity contribution < 1.29 is 0 Å². The Morgan fingerprint density at radius 1 is 0.600 bits per heavy atom. The van der Waals surface area contributed by atoms with Crippen LogP contribution in [0.1, 0.15) is 83.2 Å². The third-order valence-electron chi connectivity index (χ3n) is 12.5. The average molecular weight is 712 g/mol. The van der Waals surface area contributed by atoms with Gasteiger partial charge < -0.3 is 9.88 Å².